The van der Waals surface area contributed by atoms with Crippen molar-refractivity contribution in [1.29, 1.82) is 0 Å². The van der Waals surface area contributed by atoms with Crippen LogP contribution in [-0.2, 0) is 17.9 Å². The van der Waals surface area contributed by atoms with Gasteiger partial charge < -0.3 is 15.0 Å². The molecule has 0 bridgehead atoms. The van der Waals surface area contributed by atoms with Crippen molar-refractivity contribution in [2.75, 3.05) is 0 Å². The molecule has 1 aromatic heterocycles. The molecule has 0 saturated heterocycles. The normalized spacial score (nSPS) is 11.1. The van der Waals surface area contributed by atoms with Gasteiger partial charge in [0, 0.05) is 16.5 Å². The molecule has 0 fully saturated rings. The van der Waals surface area contributed by atoms with E-state index in [9.17, 15) is 4.79 Å². The highest BCUT2D eigenvalue weighted by atomic mass is 35.5. The van der Waals surface area contributed by atoms with Gasteiger partial charge in [-0.15, -0.1) is 0 Å². The van der Waals surface area contributed by atoms with Crippen LogP contribution in [0, 0.1) is 6.92 Å². The zero-order valence-electron chi connectivity index (χ0n) is 16.7. The summed E-state index contributed by atoms with van der Waals surface area (Å²) in [5, 5.41) is 1.71. The highest BCUT2D eigenvalue weighted by Crippen LogP contribution is 2.37. The number of carbonyl (C=O) groups is 1. The number of halogens is 1. The minimum absolute atomic E-state index is 0.0248. The number of aromatic nitrogens is 2. The van der Waals surface area contributed by atoms with E-state index in [2.05, 4.69) is 36.6 Å². The molecular weight excluding hydrogens is 406 g/mol. The van der Waals surface area contributed by atoms with Crippen molar-refractivity contribution >= 4 is 29.5 Å². The lowest BCUT2D eigenvalue weighted by molar-refractivity contribution is 0.145. The number of hydrogen-bond donors (Lipinski definition) is 1. The van der Waals surface area contributed by atoms with Gasteiger partial charge in [-0.2, -0.15) is 0 Å². The van der Waals surface area contributed by atoms with Gasteiger partial charge in [-0.25, -0.2) is 9.78 Å². The second kappa shape index (κ2) is 9.37. The van der Waals surface area contributed by atoms with Crippen molar-refractivity contribution in [3.05, 3.63) is 76.2 Å². The SMILES string of the molecule is Cc1cc(Cl)cc(Sc2c(C(C)C)nc(COC(N)=O)n2Cc2ccccc2)c1. The molecule has 0 aliphatic carbocycles. The lowest BCUT2D eigenvalue weighted by Gasteiger charge is -2.14. The van der Waals surface area contributed by atoms with Crippen LogP contribution in [0.5, 0.6) is 0 Å². The molecule has 3 rings (SSSR count). The van der Waals surface area contributed by atoms with Crippen LogP contribution in [0.4, 0.5) is 4.79 Å². The predicted octanol–water partition coefficient (Wildman–Crippen LogP) is 5.76. The molecule has 0 atom stereocenters. The molecule has 5 nitrogen and oxygen atoms in total. The summed E-state index contributed by atoms with van der Waals surface area (Å²) in [6.07, 6.45) is -0.815. The molecule has 2 N–H and O–H groups in total. The summed E-state index contributed by atoms with van der Waals surface area (Å²) in [6, 6.07) is 16.1. The first-order valence-corrected chi connectivity index (χ1v) is 10.5. The highest BCUT2D eigenvalue weighted by molar-refractivity contribution is 7.99. The second-order valence-electron chi connectivity index (χ2n) is 7.12. The summed E-state index contributed by atoms with van der Waals surface area (Å²) in [7, 11) is 0. The molecule has 1 amide bonds. The van der Waals surface area contributed by atoms with E-state index in [0.717, 1.165) is 26.7 Å². The Balaban J connectivity index is 2.08. The summed E-state index contributed by atoms with van der Waals surface area (Å²) in [4.78, 5) is 17.0. The Morgan fingerprint density at radius 2 is 1.97 bits per heavy atom. The molecule has 29 heavy (non-hydrogen) atoms. The van der Waals surface area contributed by atoms with E-state index in [1.165, 1.54) is 0 Å². The van der Waals surface area contributed by atoms with Gasteiger partial charge in [-0.3, -0.25) is 0 Å². The second-order valence-corrected chi connectivity index (χ2v) is 8.62. The molecule has 152 valence electrons. The first kappa shape index (κ1) is 21.3. The Morgan fingerprint density at radius 3 is 2.59 bits per heavy atom. The minimum Gasteiger partial charge on any atom is -0.442 e. The molecule has 0 spiro atoms. The van der Waals surface area contributed by atoms with Crippen LogP contribution >= 0.6 is 23.4 Å². The van der Waals surface area contributed by atoms with Gasteiger partial charge in [0.1, 0.15) is 10.9 Å². The van der Waals surface area contributed by atoms with E-state index >= 15 is 0 Å². The Hall–Kier alpha value is -2.44. The summed E-state index contributed by atoms with van der Waals surface area (Å²) in [6.45, 7) is 6.85. The molecular formula is C22H24ClN3O2S. The van der Waals surface area contributed by atoms with Crippen molar-refractivity contribution in [3.8, 4) is 0 Å². The molecule has 0 radical (unpaired) electrons. The summed E-state index contributed by atoms with van der Waals surface area (Å²) >= 11 is 7.89. The predicted molar refractivity (Wildman–Crippen MR) is 117 cm³/mol. The standard InChI is InChI=1S/C22H24ClN3O2S/c1-14(2)20-21(29-18-10-15(3)9-17(23)11-18)26(12-16-7-5-4-6-8-16)19(25-20)13-28-22(24)27/h4-11,14H,12-13H2,1-3H3,(H2,24,27). The molecule has 0 aliphatic heterocycles. The maximum atomic E-state index is 11.2. The topological polar surface area (TPSA) is 70.1 Å². The molecule has 0 aliphatic rings. The Kier molecular flexibility index (Phi) is 6.87. The van der Waals surface area contributed by atoms with Crippen molar-refractivity contribution < 1.29 is 9.53 Å². The van der Waals surface area contributed by atoms with Crippen LogP contribution in [0.3, 0.4) is 0 Å². The number of primary amides is 1. The van der Waals surface area contributed by atoms with E-state index < -0.39 is 6.09 Å². The van der Waals surface area contributed by atoms with Gasteiger partial charge in [-0.05, 0) is 42.2 Å². The number of benzene rings is 2. The Labute approximate surface area is 180 Å². The average Bonchev–Trinajstić information content (AvgIpc) is 2.97. The molecule has 0 saturated carbocycles. The quantitative estimate of drug-likeness (QED) is 0.518. The zero-order chi connectivity index (χ0) is 21.0. The fraction of sp³-hybridized carbons (Fsp3) is 0.273. The number of nitrogens with zero attached hydrogens (tertiary/aromatic N) is 2. The van der Waals surface area contributed by atoms with Crippen LogP contribution in [0.1, 0.15) is 42.4 Å². The van der Waals surface area contributed by atoms with Gasteiger partial charge in [-0.1, -0.05) is 67.5 Å². The van der Waals surface area contributed by atoms with Gasteiger partial charge in [0.15, 0.2) is 6.61 Å². The van der Waals surface area contributed by atoms with Crippen LogP contribution in [-0.4, -0.2) is 15.6 Å². The summed E-state index contributed by atoms with van der Waals surface area (Å²) < 4.78 is 7.16. The van der Waals surface area contributed by atoms with E-state index in [1.807, 2.05) is 37.3 Å². The lowest BCUT2D eigenvalue weighted by Crippen LogP contribution is -2.15. The number of imidazole rings is 1. The van der Waals surface area contributed by atoms with E-state index in [-0.39, 0.29) is 12.5 Å². The summed E-state index contributed by atoms with van der Waals surface area (Å²) in [5.74, 6) is 0.861. The fourth-order valence-electron chi connectivity index (χ4n) is 3.03. The maximum Gasteiger partial charge on any atom is 0.404 e. The van der Waals surface area contributed by atoms with Gasteiger partial charge >= 0.3 is 6.09 Å². The number of ether oxygens (including phenoxy) is 1. The van der Waals surface area contributed by atoms with E-state index in [0.29, 0.717) is 17.4 Å². The minimum atomic E-state index is -0.815. The van der Waals surface area contributed by atoms with Crippen LogP contribution < -0.4 is 5.73 Å². The number of carbonyl (C=O) groups excluding carboxylic acids is 1. The van der Waals surface area contributed by atoms with Crippen molar-refractivity contribution in [2.24, 2.45) is 5.73 Å². The van der Waals surface area contributed by atoms with Crippen LogP contribution in [0.2, 0.25) is 5.02 Å². The Morgan fingerprint density at radius 1 is 1.24 bits per heavy atom. The van der Waals surface area contributed by atoms with E-state index in [1.54, 1.807) is 11.8 Å². The first-order chi connectivity index (χ1) is 13.8. The third kappa shape index (κ3) is 5.55. The third-order valence-electron chi connectivity index (χ3n) is 4.33. The molecule has 1 heterocycles. The van der Waals surface area contributed by atoms with Crippen molar-refractivity contribution in [2.45, 2.75) is 49.8 Å². The smallest absolute Gasteiger partial charge is 0.404 e. The largest absolute Gasteiger partial charge is 0.442 e. The average molecular weight is 430 g/mol. The molecule has 7 heteroatoms. The molecule has 0 unspecified atom stereocenters. The summed E-state index contributed by atoms with van der Waals surface area (Å²) in [5.41, 5.74) is 8.36. The molecule has 3 aromatic rings. The van der Waals surface area contributed by atoms with E-state index in [4.69, 9.17) is 27.1 Å². The number of rotatable bonds is 7. The number of hydrogen-bond acceptors (Lipinski definition) is 4. The van der Waals surface area contributed by atoms with Crippen molar-refractivity contribution in [1.82, 2.24) is 9.55 Å². The number of aryl methyl sites for hydroxylation is 1. The van der Waals surface area contributed by atoms with Gasteiger partial charge in [0.25, 0.3) is 0 Å². The van der Waals surface area contributed by atoms with Crippen LogP contribution in [0.15, 0.2) is 58.5 Å². The highest BCUT2D eigenvalue weighted by Gasteiger charge is 2.21. The fourth-order valence-corrected chi connectivity index (χ4v) is 4.71. The third-order valence-corrected chi connectivity index (χ3v) is 5.64. The number of nitrogens with two attached hydrogens (primary N) is 1. The zero-order valence-corrected chi connectivity index (χ0v) is 18.3. The molecule has 2 aromatic carbocycles. The van der Waals surface area contributed by atoms with Gasteiger partial charge in [0.2, 0.25) is 0 Å². The number of amides is 1. The Bertz CT molecular complexity index is 983. The monoisotopic (exact) mass is 429 g/mol. The van der Waals surface area contributed by atoms with Gasteiger partial charge in [0.05, 0.1) is 5.69 Å². The maximum absolute atomic E-state index is 11.2. The lowest BCUT2D eigenvalue weighted by atomic mass is 10.1. The van der Waals surface area contributed by atoms with Crippen molar-refractivity contribution in [3.63, 3.8) is 0 Å². The first-order valence-electron chi connectivity index (χ1n) is 9.34. The van der Waals surface area contributed by atoms with Crippen LogP contribution in [0.25, 0.3) is 0 Å².